The Morgan fingerprint density at radius 3 is 1.38 bits per heavy atom. The zero-order chi connectivity index (χ0) is 34.8. The van der Waals surface area contributed by atoms with E-state index in [0.29, 0.717) is 23.0 Å². The average Bonchev–Trinajstić information content (AvgIpc) is 3.06. The molecule has 0 aliphatic carbocycles. The number of benzene rings is 2. The Hall–Kier alpha value is -2.10. The van der Waals surface area contributed by atoms with Crippen LogP contribution in [0.3, 0.4) is 0 Å². The standard InChI is InChI=1S/C34H40O8S6/c1-33(21-43-17-25(41-31(39)15-13-29(35)36)19-45-27-9-5-3-6-10-27)23-48-34(2,24-47-33)22-44-18-26(42-32(40)16-14-30(37)38)20-46-28-11-7-4-8-12-28/h3-16,25-26H,17-24H2,1-2H3,(H,35,36)(H,37,38). The molecule has 2 N–H and O–H groups in total. The monoisotopic (exact) mass is 768 g/mol. The van der Waals surface area contributed by atoms with Crippen molar-refractivity contribution in [2.24, 2.45) is 0 Å². The molecule has 1 saturated heterocycles. The van der Waals surface area contributed by atoms with Gasteiger partial charge in [0.05, 0.1) is 0 Å². The fourth-order valence-electron chi connectivity index (χ4n) is 4.05. The van der Waals surface area contributed by atoms with E-state index in [1.54, 1.807) is 47.0 Å². The first-order valence-corrected chi connectivity index (χ1v) is 21.2. The maximum absolute atomic E-state index is 12.3. The topological polar surface area (TPSA) is 127 Å². The predicted molar refractivity (Wildman–Crippen MR) is 204 cm³/mol. The molecule has 0 spiro atoms. The normalized spacial score (nSPS) is 20.7. The van der Waals surface area contributed by atoms with Crippen molar-refractivity contribution >= 4 is 94.4 Å². The van der Waals surface area contributed by atoms with Gasteiger partial charge in [-0.25, -0.2) is 19.2 Å². The van der Waals surface area contributed by atoms with Crippen LogP contribution in [0.2, 0.25) is 0 Å². The van der Waals surface area contributed by atoms with Gasteiger partial charge in [-0.1, -0.05) is 36.4 Å². The van der Waals surface area contributed by atoms with Crippen LogP contribution in [0.1, 0.15) is 13.8 Å². The molecule has 2 aromatic carbocycles. The molecule has 14 heteroatoms. The molecule has 48 heavy (non-hydrogen) atoms. The Kier molecular flexibility index (Phi) is 17.8. The van der Waals surface area contributed by atoms with Gasteiger partial charge in [-0.05, 0) is 38.1 Å². The third-order valence-electron chi connectivity index (χ3n) is 6.52. The Bertz CT molecular complexity index is 1280. The lowest BCUT2D eigenvalue weighted by Gasteiger charge is -2.42. The lowest BCUT2D eigenvalue weighted by molar-refractivity contribution is -0.142. The molecule has 1 aliphatic heterocycles. The van der Waals surface area contributed by atoms with Crippen LogP contribution in [-0.4, -0.2) is 102 Å². The van der Waals surface area contributed by atoms with Crippen molar-refractivity contribution in [3.05, 3.63) is 85.0 Å². The summed E-state index contributed by atoms with van der Waals surface area (Å²) >= 11 is 10.6. The zero-order valence-electron chi connectivity index (χ0n) is 26.7. The number of carboxylic acid groups (broad SMARTS) is 2. The minimum atomic E-state index is -1.20. The van der Waals surface area contributed by atoms with E-state index in [0.717, 1.165) is 57.1 Å². The first kappa shape index (κ1) is 40.3. The van der Waals surface area contributed by atoms with Gasteiger partial charge in [-0.3, -0.25) is 0 Å². The molecule has 2 aromatic rings. The third kappa shape index (κ3) is 16.5. The molecule has 8 nitrogen and oxygen atoms in total. The van der Waals surface area contributed by atoms with Gasteiger partial charge in [0.2, 0.25) is 0 Å². The molecule has 0 radical (unpaired) electrons. The lowest BCUT2D eigenvalue weighted by atomic mass is 10.2. The molecule has 3 rings (SSSR count). The zero-order valence-corrected chi connectivity index (χ0v) is 31.6. The number of carboxylic acids is 2. The molecule has 0 aromatic heterocycles. The van der Waals surface area contributed by atoms with Crippen LogP contribution in [0.5, 0.6) is 0 Å². The van der Waals surface area contributed by atoms with Gasteiger partial charge >= 0.3 is 23.9 Å². The number of thioether (sulfide) groups is 6. The number of rotatable bonds is 20. The molecule has 1 fully saturated rings. The summed E-state index contributed by atoms with van der Waals surface area (Å²) in [7, 11) is 0. The summed E-state index contributed by atoms with van der Waals surface area (Å²) in [5.41, 5.74) is 0. The van der Waals surface area contributed by atoms with Crippen LogP contribution in [0.25, 0.3) is 0 Å². The fraction of sp³-hybridized carbons (Fsp3) is 0.412. The third-order valence-corrected chi connectivity index (χ3v) is 16.0. The fourth-order valence-corrected chi connectivity index (χ4v) is 12.3. The van der Waals surface area contributed by atoms with Gasteiger partial charge < -0.3 is 19.7 Å². The average molecular weight is 769 g/mol. The number of esters is 2. The maximum Gasteiger partial charge on any atom is 0.331 e. The minimum Gasteiger partial charge on any atom is -0.478 e. The smallest absolute Gasteiger partial charge is 0.331 e. The van der Waals surface area contributed by atoms with E-state index in [4.69, 9.17) is 19.7 Å². The second-order valence-electron chi connectivity index (χ2n) is 11.2. The quantitative estimate of drug-likeness (QED) is 0.0805. The highest BCUT2D eigenvalue weighted by molar-refractivity contribution is 8.10. The van der Waals surface area contributed by atoms with Crippen LogP contribution in [-0.2, 0) is 28.7 Å². The van der Waals surface area contributed by atoms with Crippen molar-refractivity contribution in [3.8, 4) is 0 Å². The summed E-state index contributed by atoms with van der Waals surface area (Å²) in [6.45, 7) is 4.53. The first-order valence-electron chi connectivity index (χ1n) is 15.0. The highest BCUT2D eigenvalue weighted by Crippen LogP contribution is 2.47. The largest absolute Gasteiger partial charge is 0.478 e. The Morgan fingerprint density at radius 1 is 0.667 bits per heavy atom. The minimum absolute atomic E-state index is 0.0325. The van der Waals surface area contributed by atoms with Gasteiger partial charge in [-0.15, -0.1) is 23.5 Å². The molecule has 0 amide bonds. The van der Waals surface area contributed by atoms with Crippen LogP contribution < -0.4 is 0 Å². The van der Waals surface area contributed by atoms with E-state index in [-0.39, 0.29) is 21.7 Å². The molecular weight excluding hydrogens is 729 g/mol. The molecule has 0 saturated carbocycles. The number of aliphatic carboxylic acids is 2. The Balaban J connectivity index is 1.48. The number of ether oxygens (including phenoxy) is 2. The lowest BCUT2D eigenvalue weighted by Crippen LogP contribution is -2.42. The van der Waals surface area contributed by atoms with E-state index in [1.807, 2.05) is 84.2 Å². The summed E-state index contributed by atoms with van der Waals surface area (Å²) in [5.74, 6) is 2.27. The molecule has 1 heterocycles. The number of carbonyl (C=O) groups excluding carboxylic acids is 2. The van der Waals surface area contributed by atoms with Crippen molar-refractivity contribution in [2.45, 2.75) is 45.3 Å². The summed E-state index contributed by atoms with van der Waals surface area (Å²) in [4.78, 5) is 48.3. The van der Waals surface area contributed by atoms with Crippen LogP contribution in [0.15, 0.2) is 94.8 Å². The number of hydrogen-bond acceptors (Lipinski definition) is 12. The van der Waals surface area contributed by atoms with Crippen molar-refractivity contribution in [1.29, 1.82) is 0 Å². The molecule has 260 valence electrons. The van der Waals surface area contributed by atoms with Crippen molar-refractivity contribution in [1.82, 2.24) is 0 Å². The predicted octanol–water partition coefficient (Wildman–Crippen LogP) is 7.14. The highest BCUT2D eigenvalue weighted by atomic mass is 32.2. The highest BCUT2D eigenvalue weighted by Gasteiger charge is 2.39. The van der Waals surface area contributed by atoms with Gasteiger partial charge in [0.25, 0.3) is 0 Å². The molecule has 1 aliphatic rings. The summed E-state index contributed by atoms with van der Waals surface area (Å²) in [6.07, 6.45) is 2.73. The van der Waals surface area contributed by atoms with E-state index in [9.17, 15) is 19.2 Å². The second kappa shape index (κ2) is 21.2. The van der Waals surface area contributed by atoms with Gasteiger partial charge in [-0.2, -0.15) is 47.0 Å². The van der Waals surface area contributed by atoms with Crippen molar-refractivity contribution < 1.29 is 38.9 Å². The van der Waals surface area contributed by atoms with E-state index in [2.05, 4.69) is 13.8 Å². The summed E-state index contributed by atoms with van der Waals surface area (Å²) in [6, 6.07) is 19.7. The summed E-state index contributed by atoms with van der Waals surface area (Å²) < 4.78 is 11.3. The Morgan fingerprint density at radius 2 is 1.04 bits per heavy atom. The van der Waals surface area contributed by atoms with Crippen LogP contribution in [0.4, 0.5) is 0 Å². The second-order valence-corrected chi connectivity index (χ2v) is 18.6. The van der Waals surface area contributed by atoms with E-state index in [1.165, 1.54) is 0 Å². The Labute approximate surface area is 307 Å². The van der Waals surface area contributed by atoms with Crippen molar-refractivity contribution in [2.75, 3.05) is 46.0 Å². The number of carbonyl (C=O) groups is 4. The first-order chi connectivity index (χ1) is 22.9. The summed E-state index contributed by atoms with van der Waals surface area (Å²) in [5, 5.41) is 17.7. The van der Waals surface area contributed by atoms with E-state index >= 15 is 0 Å². The van der Waals surface area contributed by atoms with Crippen LogP contribution >= 0.6 is 70.6 Å². The van der Waals surface area contributed by atoms with Gasteiger partial charge in [0, 0.05) is 89.6 Å². The number of hydrogen-bond donors (Lipinski definition) is 2. The molecule has 4 atom stereocenters. The van der Waals surface area contributed by atoms with E-state index < -0.39 is 23.9 Å². The van der Waals surface area contributed by atoms with Crippen molar-refractivity contribution in [3.63, 3.8) is 0 Å². The van der Waals surface area contributed by atoms with Gasteiger partial charge in [0.15, 0.2) is 0 Å². The molecular formula is C34H40O8S6. The SMILES string of the molecule is CC1(CSCC(CSc2ccccc2)OC(=O)C=CC(=O)O)CSC(C)(CSCC(CSc2ccccc2)OC(=O)C=CC(=O)O)CS1. The maximum atomic E-state index is 12.3. The molecule has 4 unspecified atom stereocenters. The van der Waals surface area contributed by atoms with Crippen LogP contribution in [0, 0.1) is 0 Å². The molecule has 0 bridgehead atoms. The van der Waals surface area contributed by atoms with Gasteiger partial charge in [0.1, 0.15) is 12.2 Å².